The topological polar surface area (TPSA) is 83.8 Å². The number of nitrogens with zero attached hydrogens (tertiary/aromatic N) is 3. The van der Waals surface area contributed by atoms with Gasteiger partial charge in [-0.25, -0.2) is 9.78 Å². The number of aromatic nitrogens is 4. The first-order valence-corrected chi connectivity index (χ1v) is 5.84. The molecule has 1 aliphatic carbocycles. The number of fused-ring (bicyclic) bond motifs is 1. The Kier molecular flexibility index (Phi) is 2.41. The maximum atomic E-state index is 11.9. The van der Waals surface area contributed by atoms with Crippen molar-refractivity contribution < 1.29 is 5.11 Å². The normalized spacial score (nSPS) is 24.6. The quantitative estimate of drug-likeness (QED) is 0.740. The average molecular weight is 255 g/mol. The van der Waals surface area contributed by atoms with Crippen LogP contribution in [0.5, 0.6) is 0 Å². The number of H-pyrrole nitrogens is 1. The largest absolute Gasteiger partial charge is 0.393 e. The second kappa shape index (κ2) is 3.82. The highest BCUT2D eigenvalue weighted by molar-refractivity contribution is 6.28. The average Bonchev–Trinajstić information content (AvgIpc) is 2.81. The summed E-state index contributed by atoms with van der Waals surface area (Å²) in [6.07, 6.45) is 3.22. The molecule has 0 amide bonds. The number of aliphatic hydroxyl groups excluding tert-OH is 1. The van der Waals surface area contributed by atoms with Gasteiger partial charge in [-0.1, -0.05) is 0 Å². The van der Waals surface area contributed by atoms with E-state index in [4.69, 9.17) is 11.6 Å². The molecule has 7 heteroatoms. The number of imidazole rings is 1. The molecule has 3 rings (SSSR count). The van der Waals surface area contributed by atoms with Gasteiger partial charge in [0.15, 0.2) is 5.65 Å². The third kappa shape index (κ3) is 1.73. The van der Waals surface area contributed by atoms with Gasteiger partial charge in [0.2, 0.25) is 5.28 Å². The Morgan fingerprint density at radius 2 is 2.35 bits per heavy atom. The summed E-state index contributed by atoms with van der Waals surface area (Å²) in [7, 11) is 0. The smallest absolute Gasteiger partial charge is 0.327 e. The zero-order valence-electron chi connectivity index (χ0n) is 8.93. The molecule has 2 N–H and O–H groups in total. The number of nitrogens with one attached hydrogen (secondary N) is 1. The van der Waals surface area contributed by atoms with E-state index >= 15 is 0 Å². The van der Waals surface area contributed by atoms with Crippen molar-refractivity contribution >= 4 is 22.8 Å². The summed E-state index contributed by atoms with van der Waals surface area (Å²) in [5.74, 6) is 0. The summed E-state index contributed by atoms with van der Waals surface area (Å²) in [5, 5.41) is 9.65. The molecule has 2 aromatic heterocycles. The van der Waals surface area contributed by atoms with Crippen molar-refractivity contribution in [2.24, 2.45) is 0 Å². The number of hydrogen-bond acceptors (Lipinski definition) is 4. The van der Waals surface area contributed by atoms with E-state index < -0.39 is 0 Å². The van der Waals surface area contributed by atoms with Gasteiger partial charge < -0.3 is 10.1 Å². The van der Waals surface area contributed by atoms with Crippen molar-refractivity contribution in [3.05, 3.63) is 22.0 Å². The molecule has 0 aliphatic heterocycles. The minimum Gasteiger partial charge on any atom is -0.393 e. The molecule has 2 atom stereocenters. The molecule has 0 bridgehead atoms. The molecule has 0 saturated heterocycles. The van der Waals surface area contributed by atoms with E-state index in [1.54, 1.807) is 4.57 Å². The summed E-state index contributed by atoms with van der Waals surface area (Å²) in [5.41, 5.74) is 0.852. The van der Waals surface area contributed by atoms with Gasteiger partial charge >= 0.3 is 5.69 Å². The van der Waals surface area contributed by atoms with Crippen LogP contribution in [0.1, 0.15) is 25.3 Å². The van der Waals surface area contributed by atoms with Gasteiger partial charge in [0.1, 0.15) is 5.52 Å². The van der Waals surface area contributed by atoms with Crippen molar-refractivity contribution in [1.82, 2.24) is 19.5 Å². The third-order valence-electron chi connectivity index (χ3n) is 3.17. The second-order valence-electron chi connectivity index (χ2n) is 4.30. The minimum absolute atomic E-state index is 0.0165. The van der Waals surface area contributed by atoms with Crippen LogP contribution < -0.4 is 5.69 Å². The van der Waals surface area contributed by atoms with Gasteiger partial charge in [-0.3, -0.25) is 4.57 Å². The van der Waals surface area contributed by atoms with Crippen LogP contribution in [0.3, 0.4) is 0 Å². The Hall–Kier alpha value is -1.40. The summed E-state index contributed by atoms with van der Waals surface area (Å²) in [4.78, 5) is 22.4. The standard InChI is InChI=1S/C10H11ClN4O2/c11-9-12-4-7-8(14-9)15(10(17)13-7)5-1-2-6(16)3-5/h4-6,16H,1-3H2,(H,13,17). The third-order valence-corrected chi connectivity index (χ3v) is 3.35. The maximum Gasteiger partial charge on any atom is 0.327 e. The Bertz CT molecular complexity index is 620. The lowest BCUT2D eigenvalue weighted by Gasteiger charge is -2.10. The molecule has 0 radical (unpaired) electrons. The Morgan fingerprint density at radius 1 is 1.53 bits per heavy atom. The van der Waals surface area contributed by atoms with Crippen LogP contribution >= 0.6 is 11.6 Å². The van der Waals surface area contributed by atoms with Crippen LogP contribution in [0.25, 0.3) is 11.2 Å². The van der Waals surface area contributed by atoms with E-state index in [2.05, 4.69) is 15.0 Å². The molecule has 1 fully saturated rings. The molecular formula is C10H11ClN4O2. The van der Waals surface area contributed by atoms with Crippen LogP contribution in [0.2, 0.25) is 5.28 Å². The fourth-order valence-electron chi connectivity index (χ4n) is 2.40. The lowest BCUT2D eigenvalue weighted by Crippen LogP contribution is -2.21. The number of aliphatic hydroxyl groups is 1. The number of aromatic amines is 1. The molecule has 0 spiro atoms. The van der Waals surface area contributed by atoms with E-state index in [0.29, 0.717) is 24.0 Å². The highest BCUT2D eigenvalue weighted by Crippen LogP contribution is 2.30. The predicted molar refractivity (Wildman–Crippen MR) is 62.1 cm³/mol. The molecular weight excluding hydrogens is 244 g/mol. The van der Waals surface area contributed by atoms with Crippen LogP contribution in [-0.2, 0) is 0 Å². The number of hydrogen-bond donors (Lipinski definition) is 2. The van der Waals surface area contributed by atoms with Gasteiger partial charge in [0, 0.05) is 6.04 Å². The Labute approximate surface area is 101 Å². The molecule has 0 aromatic carbocycles. The first-order valence-electron chi connectivity index (χ1n) is 5.46. The highest BCUT2D eigenvalue weighted by Gasteiger charge is 2.27. The van der Waals surface area contributed by atoms with Crippen LogP contribution in [0.15, 0.2) is 11.0 Å². The SMILES string of the molecule is O=c1[nH]c2cnc(Cl)nc2n1C1CCC(O)C1. The Morgan fingerprint density at radius 3 is 3.06 bits per heavy atom. The van der Waals surface area contributed by atoms with E-state index in [9.17, 15) is 9.90 Å². The number of halogens is 1. The molecule has 2 heterocycles. The van der Waals surface area contributed by atoms with Crippen molar-refractivity contribution in [1.29, 1.82) is 0 Å². The Balaban J connectivity index is 2.17. The van der Waals surface area contributed by atoms with Gasteiger partial charge in [0.25, 0.3) is 0 Å². The number of rotatable bonds is 1. The van der Waals surface area contributed by atoms with Crippen molar-refractivity contribution in [3.8, 4) is 0 Å². The monoisotopic (exact) mass is 254 g/mol. The minimum atomic E-state index is -0.339. The molecule has 1 saturated carbocycles. The van der Waals surface area contributed by atoms with E-state index in [0.717, 1.165) is 6.42 Å². The zero-order valence-corrected chi connectivity index (χ0v) is 9.68. The maximum absolute atomic E-state index is 11.9. The summed E-state index contributed by atoms with van der Waals surface area (Å²) < 4.78 is 1.57. The van der Waals surface area contributed by atoms with Crippen LogP contribution in [0.4, 0.5) is 0 Å². The van der Waals surface area contributed by atoms with Gasteiger partial charge in [-0.05, 0) is 30.9 Å². The van der Waals surface area contributed by atoms with Gasteiger partial charge in [-0.2, -0.15) is 4.98 Å². The summed E-state index contributed by atoms with van der Waals surface area (Å²) >= 11 is 5.73. The van der Waals surface area contributed by atoms with Crippen molar-refractivity contribution in [2.45, 2.75) is 31.4 Å². The van der Waals surface area contributed by atoms with Crippen LogP contribution in [0, 0.1) is 0 Å². The van der Waals surface area contributed by atoms with Gasteiger partial charge in [0.05, 0.1) is 12.3 Å². The first kappa shape index (κ1) is 10.7. The highest BCUT2D eigenvalue weighted by atomic mass is 35.5. The fraction of sp³-hybridized carbons (Fsp3) is 0.500. The lowest BCUT2D eigenvalue weighted by molar-refractivity contribution is 0.178. The summed E-state index contributed by atoms with van der Waals surface area (Å²) in [6, 6.07) is -0.0165. The van der Waals surface area contributed by atoms with Crippen molar-refractivity contribution in [3.63, 3.8) is 0 Å². The molecule has 2 aromatic rings. The molecule has 6 nitrogen and oxygen atoms in total. The zero-order chi connectivity index (χ0) is 12.0. The van der Waals surface area contributed by atoms with E-state index in [-0.39, 0.29) is 23.1 Å². The first-order chi connectivity index (χ1) is 8.15. The molecule has 90 valence electrons. The van der Waals surface area contributed by atoms with Crippen LogP contribution in [-0.4, -0.2) is 30.7 Å². The molecule has 1 aliphatic rings. The van der Waals surface area contributed by atoms with E-state index in [1.807, 2.05) is 0 Å². The molecule has 17 heavy (non-hydrogen) atoms. The summed E-state index contributed by atoms with van der Waals surface area (Å²) in [6.45, 7) is 0. The fourth-order valence-corrected chi connectivity index (χ4v) is 2.53. The lowest BCUT2D eigenvalue weighted by atomic mass is 10.2. The molecule has 2 unspecified atom stereocenters. The van der Waals surface area contributed by atoms with Crippen molar-refractivity contribution in [2.75, 3.05) is 0 Å². The van der Waals surface area contributed by atoms with E-state index in [1.165, 1.54) is 6.20 Å². The predicted octanol–water partition coefficient (Wildman–Crippen LogP) is 0.859. The van der Waals surface area contributed by atoms with Gasteiger partial charge in [-0.15, -0.1) is 0 Å². The second-order valence-corrected chi connectivity index (χ2v) is 4.64.